The molecule has 0 spiro atoms. The maximum absolute atomic E-state index is 12.6. The maximum Gasteiger partial charge on any atom is 0.433 e. The second kappa shape index (κ2) is 5.36. The molecule has 0 radical (unpaired) electrons. The van der Waals surface area contributed by atoms with E-state index in [-0.39, 0.29) is 23.4 Å². The summed E-state index contributed by atoms with van der Waals surface area (Å²) in [6.45, 7) is 0. The van der Waals surface area contributed by atoms with Gasteiger partial charge < -0.3 is 5.32 Å². The van der Waals surface area contributed by atoms with Crippen molar-refractivity contribution in [1.29, 1.82) is 0 Å². The Bertz CT molecular complexity index is 592. The number of hydrogen-bond donors (Lipinski definition) is 1. The summed E-state index contributed by atoms with van der Waals surface area (Å²) >= 11 is 5.46. The molecule has 5 nitrogen and oxygen atoms in total. The van der Waals surface area contributed by atoms with Gasteiger partial charge in [-0.1, -0.05) is 0 Å². The average Bonchev–Trinajstić information content (AvgIpc) is 2.30. The third kappa shape index (κ3) is 3.95. The fourth-order valence-electron chi connectivity index (χ4n) is 1.88. The number of hydrogen-bond acceptors (Lipinski definition) is 5. The summed E-state index contributed by atoms with van der Waals surface area (Å²) in [5.74, 6) is -0.0350. The molecular formula is C10H11ClF3N3O2S. The quantitative estimate of drug-likeness (QED) is 0.842. The van der Waals surface area contributed by atoms with Gasteiger partial charge in [-0.3, -0.25) is 0 Å². The number of rotatable bonds is 2. The van der Waals surface area contributed by atoms with Gasteiger partial charge in [0.25, 0.3) is 0 Å². The van der Waals surface area contributed by atoms with Crippen LogP contribution in [0.5, 0.6) is 0 Å². The van der Waals surface area contributed by atoms with Gasteiger partial charge in [-0.25, -0.2) is 18.4 Å². The molecule has 0 atom stereocenters. The van der Waals surface area contributed by atoms with Crippen LogP contribution in [0.25, 0.3) is 0 Å². The van der Waals surface area contributed by atoms with Crippen molar-refractivity contribution in [3.05, 3.63) is 17.0 Å². The topological polar surface area (TPSA) is 72.0 Å². The Balaban J connectivity index is 2.12. The van der Waals surface area contributed by atoms with Gasteiger partial charge >= 0.3 is 6.18 Å². The monoisotopic (exact) mass is 329 g/mol. The van der Waals surface area contributed by atoms with Gasteiger partial charge in [0.05, 0.1) is 11.5 Å². The van der Waals surface area contributed by atoms with Crippen molar-refractivity contribution in [1.82, 2.24) is 9.97 Å². The Labute approximate surface area is 118 Å². The number of halogens is 4. The molecule has 0 saturated carbocycles. The fraction of sp³-hybridized carbons (Fsp3) is 0.600. The van der Waals surface area contributed by atoms with Crippen LogP contribution in [0.3, 0.4) is 0 Å². The van der Waals surface area contributed by atoms with E-state index in [2.05, 4.69) is 15.3 Å². The Morgan fingerprint density at radius 1 is 1.25 bits per heavy atom. The van der Waals surface area contributed by atoms with Crippen molar-refractivity contribution in [2.24, 2.45) is 0 Å². The highest BCUT2D eigenvalue weighted by Gasteiger charge is 2.34. The number of anilines is 1. The molecule has 1 aliphatic heterocycles. The summed E-state index contributed by atoms with van der Waals surface area (Å²) in [6.07, 6.45) is -3.96. The van der Waals surface area contributed by atoms with Crippen LogP contribution in [0.2, 0.25) is 5.28 Å². The predicted octanol–water partition coefficient (Wildman–Crippen LogP) is 2.14. The Hall–Kier alpha value is -1.09. The van der Waals surface area contributed by atoms with E-state index >= 15 is 0 Å². The van der Waals surface area contributed by atoms with Crippen molar-refractivity contribution < 1.29 is 21.6 Å². The zero-order valence-corrected chi connectivity index (χ0v) is 11.7. The van der Waals surface area contributed by atoms with Gasteiger partial charge in [0.2, 0.25) is 5.28 Å². The van der Waals surface area contributed by atoms with Crippen molar-refractivity contribution in [2.75, 3.05) is 16.8 Å². The molecule has 20 heavy (non-hydrogen) atoms. The summed E-state index contributed by atoms with van der Waals surface area (Å²) in [5, 5.41) is 2.26. The molecule has 0 unspecified atom stereocenters. The minimum absolute atomic E-state index is 0.00953. The van der Waals surface area contributed by atoms with Crippen LogP contribution in [0, 0.1) is 0 Å². The van der Waals surface area contributed by atoms with Gasteiger partial charge in [-0.05, 0) is 24.4 Å². The van der Waals surface area contributed by atoms with Gasteiger partial charge in [0, 0.05) is 12.1 Å². The summed E-state index contributed by atoms with van der Waals surface area (Å²) < 4.78 is 60.2. The number of aromatic nitrogens is 2. The average molecular weight is 330 g/mol. The van der Waals surface area contributed by atoms with Crippen LogP contribution in [0.1, 0.15) is 18.5 Å². The number of nitrogens with zero attached hydrogens (tertiary/aromatic N) is 2. The van der Waals surface area contributed by atoms with E-state index in [4.69, 9.17) is 11.6 Å². The smallest absolute Gasteiger partial charge is 0.367 e. The molecule has 1 aromatic rings. The third-order valence-corrected chi connectivity index (χ3v) is 4.78. The lowest BCUT2D eigenvalue weighted by Gasteiger charge is -2.23. The van der Waals surface area contributed by atoms with Crippen LogP contribution < -0.4 is 5.32 Å². The van der Waals surface area contributed by atoms with Gasteiger partial charge in [0.15, 0.2) is 5.69 Å². The number of sulfone groups is 1. The van der Waals surface area contributed by atoms with Gasteiger partial charge in [-0.2, -0.15) is 13.2 Å². The Morgan fingerprint density at radius 3 is 2.40 bits per heavy atom. The number of nitrogens with one attached hydrogen (secondary N) is 1. The normalized spacial score (nSPS) is 19.8. The molecule has 0 bridgehead atoms. The van der Waals surface area contributed by atoms with Crippen LogP contribution in [0.15, 0.2) is 6.07 Å². The van der Waals surface area contributed by atoms with Crippen LogP contribution >= 0.6 is 11.6 Å². The van der Waals surface area contributed by atoms with Gasteiger partial charge in [0.1, 0.15) is 15.7 Å². The third-order valence-electron chi connectivity index (χ3n) is 2.90. The first kappa shape index (κ1) is 15.3. The highest BCUT2D eigenvalue weighted by atomic mass is 35.5. The molecule has 0 aromatic carbocycles. The van der Waals surface area contributed by atoms with E-state index in [1.807, 2.05) is 0 Å². The lowest BCUT2D eigenvalue weighted by Crippen LogP contribution is -2.32. The molecule has 10 heteroatoms. The van der Waals surface area contributed by atoms with Crippen molar-refractivity contribution in [3.8, 4) is 0 Å². The first-order valence-corrected chi connectivity index (χ1v) is 7.94. The SMILES string of the molecule is O=S1(=O)CCC(Nc2cc(C(F)(F)F)nc(Cl)n2)CC1. The Morgan fingerprint density at radius 2 is 1.85 bits per heavy atom. The molecule has 1 aromatic heterocycles. The lowest BCUT2D eigenvalue weighted by atomic mass is 10.1. The molecule has 1 aliphatic rings. The van der Waals surface area contributed by atoms with E-state index in [1.54, 1.807) is 0 Å². The minimum atomic E-state index is -4.61. The Kier molecular flexibility index (Phi) is 4.10. The second-order valence-corrected chi connectivity index (χ2v) is 7.12. The molecule has 2 rings (SSSR count). The summed E-state index contributed by atoms with van der Waals surface area (Å²) in [5.41, 5.74) is -1.14. The predicted molar refractivity (Wildman–Crippen MR) is 67.3 cm³/mol. The zero-order valence-electron chi connectivity index (χ0n) is 10.1. The molecule has 1 N–H and O–H groups in total. The summed E-state index contributed by atoms with van der Waals surface area (Å²) in [4.78, 5) is 6.79. The first-order chi connectivity index (χ1) is 9.16. The fourth-order valence-corrected chi connectivity index (χ4v) is 3.55. The zero-order chi connectivity index (χ0) is 15.0. The van der Waals surface area contributed by atoms with Crippen molar-refractivity contribution in [2.45, 2.75) is 25.1 Å². The highest BCUT2D eigenvalue weighted by molar-refractivity contribution is 7.91. The van der Waals surface area contributed by atoms with Crippen molar-refractivity contribution >= 4 is 27.3 Å². The maximum atomic E-state index is 12.6. The largest absolute Gasteiger partial charge is 0.433 e. The molecule has 0 amide bonds. The van der Waals surface area contributed by atoms with Crippen LogP contribution in [-0.2, 0) is 16.0 Å². The molecule has 112 valence electrons. The highest BCUT2D eigenvalue weighted by Crippen LogP contribution is 2.30. The molecule has 2 heterocycles. The van der Waals surface area contributed by atoms with Gasteiger partial charge in [-0.15, -0.1) is 0 Å². The van der Waals surface area contributed by atoms with Crippen LogP contribution in [0.4, 0.5) is 19.0 Å². The van der Waals surface area contributed by atoms with E-state index < -0.39 is 27.0 Å². The standard InChI is InChI=1S/C10H11ClF3N3O2S/c11-9-16-7(10(12,13)14)5-8(17-9)15-6-1-3-20(18,19)4-2-6/h5-6H,1-4H2,(H,15,16,17). The molecule has 1 saturated heterocycles. The van der Waals surface area contributed by atoms with E-state index in [0.29, 0.717) is 12.8 Å². The molecule has 1 fully saturated rings. The van der Waals surface area contributed by atoms with Crippen molar-refractivity contribution in [3.63, 3.8) is 0 Å². The van der Waals surface area contributed by atoms with Crippen LogP contribution in [-0.4, -0.2) is 35.9 Å². The lowest BCUT2D eigenvalue weighted by molar-refractivity contribution is -0.141. The second-order valence-electron chi connectivity index (χ2n) is 4.48. The van der Waals surface area contributed by atoms with E-state index in [0.717, 1.165) is 6.07 Å². The summed E-state index contributed by atoms with van der Waals surface area (Å²) in [7, 11) is -3.03. The minimum Gasteiger partial charge on any atom is -0.367 e. The number of alkyl halides is 3. The first-order valence-electron chi connectivity index (χ1n) is 5.74. The summed E-state index contributed by atoms with van der Waals surface area (Å²) in [6, 6.07) is 0.514. The van der Waals surface area contributed by atoms with E-state index in [1.165, 1.54) is 0 Å². The van der Waals surface area contributed by atoms with E-state index in [9.17, 15) is 21.6 Å². The molecule has 0 aliphatic carbocycles. The molecular weight excluding hydrogens is 319 g/mol.